The summed E-state index contributed by atoms with van der Waals surface area (Å²) in [5.41, 5.74) is 12.9. The van der Waals surface area contributed by atoms with E-state index in [1.807, 2.05) is 24.3 Å². The molecule has 0 unspecified atom stereocenters. The summed E-state index contributed by atoms with van der Waals surface area (Å²) >= 11 is 0. The molecule has 0 radical (unpaired) electrons. The molecular formula is C51H34N4. The van der Waals surface area contributed by atoms with Crippen molar-refractivity contribution in [2.75, 3.05) is 0 Å². The van der Waals surface area contributed by atoms with Crippen molar-refractivity contribution in [3.05, 3.63) is 206 Å². The Morgan fingerprint density at radius 3 is 1.40 bits per heavy atom. The first-order chi connectivity index (χ1) is 27.3. The van der Waals surface area contributed by atoms with E-state index in [0.29, 0.717) is 17.5 Å². The van der Waals surface area contributed by atoms with Crippen molar-refractivity contribution in [3.8, 4) is 73.2 Å². The minimum absolute atomic E-state index is 0.617. The average molecular weight is 703 g/mol. The van der Waals surface area contributed by atoms with Crippen LogP contribution in [-0.4, -0.2) is 19.5 Å². The third-order valence-corrected chi connectivity index (χ3v) is 10.3. The Kier molecular flexibility index (Phi) is 8.12. The molecule has 0 saturated heterocycles. The zero-order valence-corrected chi connectivity index (χ0v) is 29.9. The van der Waals surface area contributed by atoms with Gasteiger partial charge in [0.15, 0.2) is 17.5 Å². The van der Waals surface area contributed by atoms with E-state index in [4.69, 9.17) is 15.0 Å². The Morgan fingerprint density at radius 1 is 0.273 bits per heavy atom. The molecule has 0 aliphatic rings. The molecule has 0 fully saturated rings. The molecule has 0 spiro atoms. The highest BCUT2D eigenvalue weighted by Crippen LogP contribution is 2.41. The number of fused-ring (bicyclic) bond motifs is 3. The smallest absolute Gasteiger partial charge is 0.164 e. The lowest BCUT2D eigenvalue weighted by molar-refractivity contribution is 1.07. The van der Waals surface area contributed by atoms with Gasteiger partial charge in [-0.25, -0.2) is 15.0 Å². The lowest BCUT2D eigenvalue weighted by Gasteiger charge is -2.15. The van der Waals surface area contributed by atoms with E-state index in [1.165, 1.54) is 16.5 Å². The molecule has 0 N–H and O–H groups in total. The van der Waals surface area contributed by atoms with Crippen molar-refractivity contribution in [1.82, 2.24) is 19.5 Å². The van der Waals surface area contributed by atoms with Crippen LogP contribution in [-0.2, 0) is 0 Å². The van der Waals surface area contributed by atoms with Gasteiger partial charge in [-0.15, -0.1) is 0 Å². The Hall–Kier alpha value is -7.43. The van der Waals surface area contributed by atoms with Gasteiger partial charge in [0, 0.05) is 33.2 Å². The molecule has 0 aliphatic heterocycles. The topological polar surface area (TPSA) is 43.6 Å². The summed E-state index contributed by atoms with van der Waals surface area (Å²) in [6, 6.07) is 72.2. The van der Waals surface area contributed by atoms with E-state index in [0.717, 1.165) is 61.1 Å². The molecule has 258 valence electrons. The van der Waals surface area contributed by atoms with Crippen molar-refractivity contribution >= 4 is 21.8 Å². The Balaban J connectivity index is 1.23. The van der Waals surface area contributed by atoms with E-state index < -0.39 is 0 Å². The van der Waals surface area contributed by atoms with Gasteiger partial charge in [0.05, 0.1) is 11.0 Å². The second-order valence-electron chi connectivity index (χ2n) is 13.7. The fourth-order valence-electron chi connectivity index (χ4n) is 7.57. The van der Waals surface area contributed by atoms with Crippen molar-refractivity contribution < 1.29 is 0 Å². The highest BCUT2D eigenvalue weighted by molar-refractivity contribution is 6.12. The molecule has 0 saturated carbocycles. The summed E-state index contributed by atoms with van der Waals surface area (Å²) in [5, 5.41) is 2.35. The van der Waals surface area contributed by atoms with Crippen LogP contribution in [0.15, 0.2) is 206 Å². The molecule has 0 aliphatic carbocycles. The number of nitrogens with zero attached hydrogens (tertiary/aromatic N) is 4. The van der Waals surface area contributed by atoms with Crippen LogP contribution >= 0.6 is 0 Å². The monoisotopic (exact) mass is 702 g/mol. The molecule has 0 amide bonds. The van der Waals surface area contributed by atoms with Gasteiger partial charge in [0.1, 0.15) is 0 Å². The Morgan fingerprint density at radius 2 is 0.745 bits per heavy atom. The van der Waals surface area contributed by atoms with Gasteiger partial charge in [0.2, 0.25) is 0 Å². The first-order valence-corrected chi connectivity index (χ1v) is 18.5. The van der Waals surface area contributed by atoms with Gasteiger partial charge >= 0.3 is 0 Å². The van der Waals surface area contributed by atoms with Crippen LogP contribution in [0, 0.1) is 0 Å². The summed E-state index contributed by atoms with van der Waals surface area (Å²) in [7, 11) is 0. The third-order valence-electron chi connectivity index (χ3n) is 10.3. The van der Waals surface area contributed by atoms with Crippen LogP contribution in [0.3, 0.4) is 0 Å². The van der Waals surface area contributed by atoms with Crippen LogP contribution in [0.1, 0.15) is 0 Å². The number of rotatable bonds is 7. The zero-order valence-electron chi connectivity index (χ0n) is 29.9. The van der Waals surface area contributed by atoms with E-state index in [9.17, 15) is 0 Å². The maximum atomic E-state index is 5.27. The second kappa shape index (κ2) is 13.8. The van der Waals surface area contributed by atoms with Crippen LogP contribution in [0.5, 0.6) is 0 Å². The number of para-hydroxylation sites is 1. The molecule has 0 bridgehead atoms. The van der Waals surface area contributed by atoms with Crippen molar-refractivity contribution in [2.45, 2.75) is 0 Å². The normalized spacial score (nSPS) is 11.3. The highest BCUT2D eigenvalue weighted by atomic mass is 15.0. The molecule has 0 atom stereocenters. The van der Waals surface area contributed by atoms with Gasteiger partial charge < -0.3 is 4.57 Å². The SMILES string of the molecule is c1ccc(-c2ccc(-c3nc(-c4ccccc4)nc(-c4cc5c(cc4-c4ccccc4)c4ccccc4n5-c4cccc(-c5ccccc5)c4)n3)cc2)cc1. The van der Waals surface area contributed by atoms with Gasteiger partial charge in [-0.2, -0.15) is 0 Å². The average Bonchev–Trinajstić information content (AvgIpc) is 3.60. The summed E-state index contributed by atoms with van der Waals surface area (Å²) in [4.78, 5) is 15.6. The lowest BCUT2D eigenvalue weighted by atomic mass is 9.96. The van der Waals surface area contributed by atoms with E-state index in [1.54, 1.807) is 0 Å². The van der Waals surface area contributed by atoms with Gasteiger partial charge in [-0.05, 0) is 63.7 Å². The molecule has 2 heterocycles. The maximum absolute atomic E-state index is 5.27. The summed E-state index contributed by atoms with van der Waals surface area (Å²) in [6.07, 6.45) is 0. The summed E-state index contributed by atoms with van der Waals surface area (Å²) in [5.74, 6) is 1.87. The minimum atomic E-state index is 0.617. The number of hydrogen-bond acceptors (Lipinski definition) is 3. The van der Waals surface area contributed by atoms with Crippen LogP contribution in [0.25, 0.3) is 95.0 Å². The molecule has 4 heteroatoms. The van der Waals surface area contributed by atoms with Gasteiger partial charge in [0.25, 0.3) is 0 Å². The zero-order chi connectivity index (χ0) is 36.6. The number of hydrogen-bond donors (Lipinski definition) is 0. The molecular weight excluding hydrogens is 669 g/mol. The first kappa shape index (κ1) is 32.2. The predicted molar refractivity (Wildman–Crippen MR) is 227 cm³/mol. The summed E-state index contributed by atoms with van der Waals surface area (Å²) in [6.45, 7) is 0. The number of aromatic nitrogens is 4. The molecule has 2 aromatic heterocycles. The van der Waals surface area contributed by atoms with E-state index in [2.05, 4.69) is 187 Å². The van der Waals surface area contributed by atoms with Crippen LogP contribution < -0.4 is 0 Å². The molecule has 8 aromatic carbocycles. The second-order valence-corrected chi connectivity index (χ2v) is 13.7. The van der Waals surface area contributed by atoms with Gasteiger partial charge in [-0.3, -0.25) is 0 Å². The largest absolute Gasteiger partial charge is 0.309 e. The lowest BCUT2D eigenvalue weighted by Crippen LogP contribution is -2.02. The van der Waals surface area contributed by atoms with Crippen molar-refractivity contribution in [3.63, 3.8) is 0 Å². The fraction of sp³-hybridized carbons (Fsp3) is 0. The molecule has 10 aromatic rings. The Bertz CT molecular complexity index is 2940. The predicted octanol–water partition coefficient (Wildman–Crippen LogP) is 13.0. The molecule has 4 nitrogen and oxygen atoms in total. The highest BCUT2D eigenvalue weighted by Gasteiger charge is 2.21. The van der Waals surface area contributed by atoms with Crippen LogP contribution in [0.4, 0.5) is 0 Å². The first-order valence-electron chi connectivity index (χ1n) is 18.5. The van der Waals surface area contributed by atoms with Crippen molar-refractivity contribution in [1.29, 1.82) is 0 Å². The van der Waals surface area contributed by atoms with Crippen LogP contribution in [0.2, 0.25) is 0 Å². The molecule has 55 heavy (non-hydrogen) atoms. The van der Waals surface area contributed by atoms with E-state index in [-0.39, 0.29) is 0 Å². The number of benzene rings is 8. The minimum Gasteiger partial charge on any atom is -0.309 e. The fourth-order valence-corrected chi connectivity index (χ4v) is 7.57. The molecule has 10 rings (SSSR count). The third kappa shape index (κ3) is 6.06. The summed E-state index contributed by atoms with van der Waals surface area (Å²) < 4.78 is 2.37. The standard InChI is InChI=1S/C51H34N4/c1-5-16-35(17-6-1)37-28-30-40(31-29-37)50-52-49(39-22-11-4-12-23-39)53-51(54-50)46-34-48-45(33-44(46)38-20-9-3-10-21-38)43-26-13-14-27-47(43)55(48)42-25-15-24-41(32-42)36-18-7-2-8-19-36/h1-34H. The Labute approximate surface area is 319 Å². The maximum Gasteiger partial charge on any atom is 0.164 e. The van der Waals surface area contributed by atoms with E-state index >= 15 is 0 Å². The van der Waals surface area contributed by atoms with Gasteiger partial charge in [-0.1, -0.05) is 176 Å². The van der Waals surface area contributed by atoms with Crippen molar-refractivity contribution in [2.24, 2.45) is 0 Å². The quantitative estimate of drug-likeness (QED) is 0.166.